The number of halogens is 1. The van der Waals surface area contributed by atoms with E-state index in [-0.39, 0.29) is 0 Å². The van der Waals surface area contributed by atoms with Crippen molar-refractivity contribution >= 4 is 21.6 Å². The van der Waals surface area contributed by atoms with Gasteiger partial charge in [0.2, 0.25) is 0 Å². The summed E-state index contributed by atoms with van der Waals surface area (Å²) >= 11 is 3.52. The summed E-state index contributed by atoms with van der Waals surface area (Å²) in [5.74, 6) is 0. The molecule has 88 valence electrons. The summed E-state index contributed by atoms with van der Waals surface area (Å²) in [6, 6.07) is 19.0. The summed E-state index contributed by atoms with van der Waals surface area (Å²) in [6.07, 6.45) is 0. The lowest BCUT2D eigenvalue weighted by Crippen LogP contribution is -2.21. The van der Waals surface area contributed by atoms with Gasteiger partial charge in [0.25, 0.3) is 0 Å². The van der Waals surface area contributed by atoms with Gasteiger partial charge in [0.15, 0.2) is 0 Å². The van der Waals surface area contributed by atoms with Gasteiger partial charge in [0.1, 0.15) is 0 Å². The van der Waals surface area contributed by atoms with Gasteiger partial charge in [0, 0.05) is 23.2 Å². The fourth-order valence-corrected chi connectivity index (χ4v) is 2.25. The maximum absolute atomic E-state index is 3.52. The third-order valence-electron chi connectivity index (χ3n) is 2.77. The monoisotopic (exact) mass is 289 g/mol. The van der Waals surface area contributed by atoms with Gasteiger partial charge < -0.3 is 4.90 Å². The SMILES string of the molecule is CCN(Cc1ccccc1)c1cccc(Br)c1. The Bertz CT molecular complexity index is 467. The van der Waals surface area contributed by atoms with Gasteiger partial charge in [-0.2, -0.15) is 0 Å². The average molecular weight is 290 g/mol. The third kappa shape index (κ3) is 3.34. The summed E-state index contributed by atoms with van der Waals surface area (Å²) in [5, 5.41) is 0. The molecule has 0 spiro atoms. The van der Waals surface area contributed by atoms with E-state index in [1.54, 1.807) is 0 Å². The summed E-state index contributed by atoms with van der Waals surface area (Å²) in [6.45, 7) is 4.14. The summed E-state index contributed by atoms with van der Waals surface area (Å²) in [4.78, 5) is 2.36. The molecule has 0 amide bonds. The Hall–Kier alpha value is -1.28. The van der Waals surface area contributed by atoms with E-state index >= 15 is 0 Å². The number of hydrogen-bond acceptors (Lipinski definition) is 1. The van der Waals surface area contributed by atoms with Crippen LogP contribution in [0.2, 0.25) is 0 Å². The Kier molecular flexibility index (Phi) is 4.21. The van der Waals surface area contributed by atoms with E-state index in [0.717, 1.165) is 17.6 Å². The van der Waals surface area contributed by atoms with Crippen LogP contribution in [-0.2, 0) is 6.54 Å². The summed E-state index contributed by atoms with van der Waals surface area (Å²) in [5.41, 5.74) is 2.60. The van der Waals surface area contributed by atoms with E-state index in [9.17, 15) is 0 Å². The molecule has 1 nitrogen and oxygen atoms in total. The number of anilines is 1. The van der Waals surface area contributed by atoms with E-state index in [1.165, 1.54) is 11.3 Å². The first kappa shape index (κ1) is 12.2. The zero-order valence-electron chi connectivity index (χ0n) is 9.94. The van der Waals surface area contributed by atoms with Crippen molar-refractivity contribution < 1.29 is 0 Å². The molecular formula is C15H16BrN. The lowest BCUT2D eigenvalue weighted by Gasteiger charge is -2.23. The quantitative estimate of drug-likeness (QED) is 0.802. The molecule has 2 aromatic carbocycles. The second kappa shape index (κ2) is 5.87. The zero-order valence-corrected chi connectivity index (χ0v) is 11.5. The number of benzene rings is 2. The molecule has 0 N–H and O–H groups in total. The van der Waals surface area contributed by atoms with Gasteiger partial charge in [-0.1, -0.05) is 52.3 Å². The standard InChI is InChI=1S/C15H16BrN/c1-2-17(12-13-7-4-3-5-8-13)15-10-6-9-14(16)11-15/h3-11H,2,12H2,1H3. The van der Waals surface area contributed by atoms with Crippen molar-refractivity contribution in [2.75, 3.05) is 11.4 Å². The van der Waals surface area contributed by atoms with Crippen LogP contribution in [0.3, 0.4) is 0 Å². The average Bonchev–Trinajstić information content (AvgIpc) is 2.37. The first-order valence-corrected chi connectivity index (χ1v) is 6.63. The maximum Gasteiger partial charge on any atom is 0.0429 e. The van der Waals surface area contributed by atoms with Crippen molar-refractivity contribution in [1.82, 2.24) is 0 Å². The largest absolute Gasteiger partial charge is 0.367 e. The molecule has 2 rings (SSSR count). The molecule has 0 radical (unpaired) electrons. The van der Waals surface area contributed by atoms with Gasteiger partial charge in [-0.05, 0) is 30.7 Å². The van der Waals surface area contributed by atoms with Crippen LogP contribution in [0.25, 0.3) is 0 Å². The molecule has 0 aliphatic carbocycles. The van der Waals surface area contributed by atoms with Crippen LogP contribution in [0.5, 0.6) is 0 Å². The van der Waals surface area contributed by atoms with Crippen LogP contribution in [0.4, 0.5) is 5.69 Å². The molecular weight excluding hydrogens is 274 g/mol. The van der Waals surface area contributed by atoms with Gasteiger partial charge >= 0.3 is 0 Å². The molecule has 0 heterocycles. The lowest BCUT2D eigenvalue weighted by atomic mass is 10.2. The Labute approximate surface area is 111 Å². The highest BCUT2D eigenvalue weighted by molar-refractivity contribution is 9.10. The molecule has 2 aromatic rings. The van der Waals surface area contributed by atoms with E-state index in [4.69, 9.17) is 0 Å². The fraction of sp³-hybridized carbons (Fsp3) is 0.200. The van der Waals surface area contributed by atoms with Gasteiger partial charge in [-0.15, -0.1) is 0 Å². The van der Waals surface area contributed by atoms with Gasteiger partial charge in [-0.25, -0.2) is 0 Å². The van der Waals surface area contributed by atoms with Crippen LogP contribution < -0.4 is 4.90 Å². The predicted octanol–water partition coefficient (Wildman–Crippen LogP) is 4.48. The van der Waals surface area contributed by atoms with Crippen LogP contribution >= 0.6 is 15.9 Å². The van der Waals surface area contributed by atoms with E-state index < -0.39 is 0 Å². The molecule has 0 aliphatic rings. The second-order valence-electron chi connectivity index (χ2n) is 3.98. The van der Waals surface area contributed by atoms with E-state index in [1.807, 2.05) is 0 Å². The number of hydrogen-bond donors (Lipinski definition) is 0. The van der Waals surface area contributed by atoms with E-state index in [0.29, 0.717) is 0 Å². The van der Waals surface area contributed by atoms with Gasteiger partial charge in [0.05, 0.1) is 0 Å². The minimum Gasteiger partial charge on any atom is -0.367 e. The van der Waals surface area contributed by atoms with E-state index in [2.05, 4.69) is 82.4 Å². The highest BCUT2D eigenvalue weighted by Crippen LogP contribution is 2.21. The Morgan fingerprint density at radius 3 is 2.41 bits per heavy atom. The molecule has 2 heteroatoms. The van der Waals surface area contributed by atoms with Crippen LogP contribution in [0.1, 0.15) is 12.5 Å². The van der Waals surface area contributed by atoms with Crippen molar-refractivity contribution in [3.05, 3.63) is 64.6 Å². The van der Waals surface area contributed by atoms with Crippen molar-refractivity contribution in [3.63, 3.8) is 0 Å². The molecule has 0 aliphatic heterocycles. The highest BCUT2D eigenvalue weighted by Gasteiger charge is 2.05. The van der Waals surface area contributed by atoms with Crippen molar-refractivity contribution in [3.8, 4) is 0 Å². The fourth-order valence-electron chi connectivity index (χ4n) is 1.86. The van der Waals surface area contributed by atoms with Gasteiger partial charge in [-0.3, -0.25) is 0 Å². The predicted molar refractivity (Wildman–Crippen MR) is 77.3 cm³/mol. The summed E-state index contributed by atoms with van der Waals surface area (Å²) in [7, 11) is 0. The Morgan fingerprint density at radius 1 is 1.00 bits per heavy atom. The summed E-state index contributed by atoms with van der Waals surface area (Å²) < 4.78 is 1.13. The number of rotatable bonds is 4. The van der Waals surface area contributed by atoms with Crippen molar-refractivity contribution in [1.29, 1.82) is 0 Å². The molecule has 0 aromatic heterocycles. The highest BCUT2D eigenvalue weighted by atomic mass is 79.9. The topological polar surface area (TPSA) is 3.24 Å². The first-order valence-electron chi connectivity index (χ1n) is 5.84. The Morgan fingerprint density at radius 2 is 1.76 bits per heavy atom. The third-order valence-corrected chi connectivity index (χ3v) is 3.26. The normalized spacial score (nSPS) is 10.2. The molecule has 0 saturated heterocycles. The molecule has 0 saturated carbocycles. The van der Waals surface area contributed by atoms with Crippen LogP contribution in [0, 0.1) is 0 Å². The van der Waals surface area contributed by atoms with Crippen molar-refractivity contribution in [2.24, 2.45) is 0 Å². The lowest BCUT2D eigenvalue weighted by molar-refractivity contribution is 0.831. The molecule has 0 unspecified atom stereocenters. The van der Waals surface area contributed by atoms with Crippen LogP contribution in [0.15, 0.2) is 59.1 Å². The van der Waals surface area contributed by atoms with Crippen molar-refractivity contribution in [2.45, 2.75) is 13.5 Å². The minimum atomic E-state index is 0.952. The Balaban J connectivity index is 2.17. The molecule has 0 bridgehead atoms. The van der Waals surface area contributed by atoms with Crippen LogP contribution in [-0.4, -0.2) is 6.54 Å². The molecule has 17 heavy (non-hydrogen) atoms. The maximum atomic E-state index is 3.52. The zero-order chi connectivity index (χ0) is 12.1. The first-order chi connectivity index (χ1) is 8.29. The molecule has 0 fully saturated rings. The minimum absolute atomic E-state index is 0.952. The smallest absolute Gasteiger partial charge is 0.0429 e. The number of nitrogens with zero attached hydrogens (tertiary/aromatic N) is 1. The molecule has 0 atom stereocenters. The second-order valence-corrected chi connectivity index (χ2v) is 4.90.